The summed E-state index contributed by atoms with van der Waals surface area (Å²) in [6.45, 7) is 0. The number of thioether (sulfide) groups is 1. The number of halogens is 1. The van der Waals surface area contributed by atoms with E-state index >= 15 is 0 Å². The highest BCUT2D eigenvalue weighted by atomic mass is 35.5. The number of rotatable bonds is 3. The molecular formula is C14H12ClNO3S2. The molecule has 0 unspecified atom stereocenters. The highest BCUT2D eigenvalue weighted by Crippen LogP contribution is 2.42. The van der Waals surface area contributed by atoms with E-state index in [2.05, 4.69) is 0 Å². The Morgan fingerprint density at radius 3 is 2.86 bits per heavy atom. The predicted molar refractivity (Wildman–Crippen MR) is 87.7 cm³/mol. The number of aromatic hydroxyl groups is 1. The molecule has 0 radical (unpaired) electrons. The standard InChI is InChI=1S/C14H12ClNO3S2/c1-19-10-6-8(15)4-7(12(10)17)5-11-13(18)16(9-2-3-9)14(20)21-11/h4-6,9,17H,2-3H2,1H3. The molecule has 4 nitrogen and oxygen atoms in total. The summed E-state index contributed by atoms with van der Waals surface area (Å²) in [5.74, 6) is 0.121. The summed E-state index contributed by atoms with van der Waals surface area (Å²) in [6, 6.07) is 3.35. The Hall–Kier alpha value is -1.24. The van der Waals surface area contributed by atoms with Gasteiger partial charge in [0, 0.05) is 22.7 Å². The van der Waals surface area contributed by atoms with Crippen molar-refractivity contribution in [2.45, 2.75) is 18.9 Å². The molecule has 1 N–H and O–H groups in total. The van der Waals surface area contributed by atoms with Crippen molar-refractivity contribution in [2.24, 2.45) is 0 Å². The summed E-state index contributed by atoms with van der Waals surface area (Å²) in [4.78, 5) is 14.5. The normalized spacial score (nSPS) is 20.5. The number of methoxy groups -OCH3 is 1. The van der Waals surface area contributed by atoms with E-state index in [4.69, 9.17) is 28.6 Å². The molecule has 0 bridgehead atoms. The molecule has 1 saturated carbocycles. The summed E-state index contributed by atoms with van der Waals surface area (Å²) >= 11 is 12.5. The van der Waals surface area contributed by atoms with Crippen LogP contribution in [-0.4, -0.2) is 33.4 Å². The number of ether oxygens (including phenoxy) is 1. The van der Waals surface area contributed by atoms with Crippen LogP contribution in [0.1, 0.15) is 18.4 Å². The monoisotopic (exact) mass is 341 g/mol. The Bertz CT molecular complexity index is 670. The highest BCUT2D eigenvalue weighted by molar-refractivity contribution is 8.26. The van der Waals surface area contributed by atoms with E-state index in [1.807, 2.05) is 0 Å². The first kappa shape index (κ1) is 14.7. The van der Waals surface area contributed by atoms with Crippen LogP contribution in [0.3, 0.4) is 0 Å². The average Bonchev–Trinajstić information content (AvgIpc) is 3.22. The van der Waals surface area contributed by atoms with Gasteiger partial charge in [0.05, 0.1) is 12.0 Å². The maximum Gasteiger partial charge on any atom is 0.266 e. The number of hydrogen-bond acceptors (Lipinski definition) is 5. The van der Waals surface area contributed by atoms with Gasteiger partial charge >= 0.3 is 0 Å². The van der Waals surface area contributed by atoms with E-state index in [0.717, 1.165) is 12.8 Å². The first-order valence-electron chi connectivity index (χ1n) is 6.35. The van der Waals surface area contributed by atoms with Crippen molar-refractivity contribution >= 4 is 51.9 Å². The van der Waals surface area contributed by atoms with Crippen molar-refractivity contribution in [2.75, 3.05) is 7.11 Å². The molecule has 2 fully saturated rings. The van der Waals surface area contributed by atoms with Gasteiger partial charge in [-0.15, -0.1) is 0 Å². The van der Waals surface area contributed by atoms with Crippen LogP contribution < -0.4 is 4.74 Å². The zero-order valence-electron chi connectivity index (χ0n) is 11.1. The van der Waals surface area contributed by atoms with E-state index in [9.17, 15) is 9.90 Å². The molecule has 1 saturated heterocycles. The zero-order chi connectivity index (χ0) is 15.1. The molecule has 1 aromatic rings. The van der Waals surface area contributed by atoms with Crippen LogP contribution in [0.2, 0.25) is 5.02 Å². The maximum atomic E-state index is 12.4. The van der Waals surface area contributed by atoms with Gasteiger partial charge in [0.15, 0.2) is 11.5 Å². The van der Waals surface area contributed by atoms with Crippen LogP contribution in [0, 0.1) is 0 Å². The molecule has 1 aromatic carbocycles. The predicted octanol–water partition coefficient (Wildman–Crippen LogP) is 3.42. The van der Waals surface area contributed by atoms with E-state index in [1.54, 1.807) is 17.0 Å². The van der Waals surface area contributed by atoms with E-state index in [1.165, 1.54) is 24.9 Å². The fraction of sp³-hybridized carbons (Fsp3) is 0.286. The number of phenolic OH excluding ortho intramolecular Hbond substituents is 1. The van der Waals surface area contributed by atoms with Gasteiger partial charge < -0.3 is 9.84 Å². The quantitative estimate of drug-likeness (QED) is 0.674. The molecule has 21 heavy (non-hydrogen) atoms. The zero-order valence-corrected chi connectivity index (χ0v) is 13.5. The fourth-order valence-corrected chi connectivity index (χ4v) is 3.74. The number of amides is 1. The summed E-state index contributed by atoms with van der Waals surface area (Å²) in [6.07, 6.45) is 3.59. The van der Waals surface area contributed by atoms with Crippen molar-refractivity contribution < 1.29 is 14.6 Å². The molecule has 3 rings (SSSR count). The number of phenols is 1. The molecule has 7 heteroatoms. The fourth-order valence-electron chi connectivity index (χ4n) is 2.13. The number of benzene rings is 1. The lowest BCUT2D eigenvalue weighted by Crippen LogP contribution is -2.30. The van der Waals surface area contributed by atoms with Crippen molar-refractivity contribution in [1.82, 2.24) is 4.90 Å². The van der Waals surface area contributed by atoms with Crippen LogP contribution in [0.4, 0.5) is 0 Å². The third kappa shape index (κ3) is 2.75. The minimum atomic E-state index is -0.106. The second-order valence-corrected chi connectivity index (χ2v) is 6.94. The Kier molecular flexibility index (Phi) is 3.86. The molecule has 1 amide bonds. The minimum absolute atomic E-state index is 0.0430. The molecule has 0 atom stereocenters. The molecular weight excluding hydrogens is 330 g/mol. The molecule has 0 aromatic heterocycles. The van der Waals surface area contributed by atoms with Crippen LogP contribution >= 0.6 is 35.6 Å². The van der Waals surface area contributed by atoms with Gasteiger partial charge in [-0.1, -0.05) is 35.6 Å². The summed E-state index contributed by atoms with van der Waals surface area (Å²) in [5.41, 5.74) is 0.440. The van der Waals surface area contributed by atoms with Crippen molar-refractivity contribution in [3.05, 3.63) is 27.6 Å². The second kappa shape index (κ2) is 5.51. The van der Waals surface area contributed by atoms with Crippen LogP contribution in [-0.2, 0) is 4.79 Å². The third-order valence-corrected chi connectivity index (χ3v) is 4.86. The number of nitrogens with zero attached hydrogens (tertiary/aromatic N) is 1. The Labute approximate surface area is 136 Å². The van der Waals surface area contributed by atoms with E-state index in [0.29, 0.717) is 19.8 Å². The smallest absolute Gasteiger partial charge is 0.266 e. The maximum absolute atomic E-state index is 12.4. The molecule has 110 valence electrons. The Morgan fingerprint density at radius 1 is 1.52 bits per heavy atom. The molecule has 1 heterocycles. The number of hydrogen-bond donors (Lipinski definition) is 1. The summed E-state index contributed by atoms with van der Waals surface area (Å²) in [5, 5.41) is 10.5. The highest BCUT2D eigenvalue weighted by Gasteiger charge is 2.42. The van der Waals surface area contributed by atoms with Crippen LogP contribution in [0.5, 0.6) is 11.5 Å². The first-order chi connectivity index (χ1) is 10.0. The second-order valence-electron chi connectivity index (χ2n) is 4.83. The minimum Gasteiger partial charge on any atom is -0.504 e. The van der Waals surface area contributed by atoms with Gasteiger partial charge in [0.25, 0.3) is 5.91 Å². The van der Waals surface area contributed by atoms with Crippen LogP contribution in [0.25, 0.3) is 6.08 Å². The van der Waals surface area contributed by atoms with Crippen molar-refractivity contribution in [1.29, 1.82) is 0 Å². The topological polar surface area (TPSA) is 49.8 Å². The summed E-state index contributed by atoms with van der Waals surface area (Å²) < 4.78 is 5.63. The lowest BCUT2D eigenvalue weighted by Gasteiger charge is -2.12. The average molecular weight is 342 g/mol. The van der Waals surface area contributed by atoms with Gasteiger partial charge in [0.2, 0.25) is 0 Å². The van der Waals surface area contributed by atoms with Gasteiger partial charge in [-0.3, -0.25) is 9.69 Å². The molecule has 0 spiro atoms. The largest absolute Gasteiger partial charge is 0.504 e. The Morgan fingerprint density at radius 2 is 2.24 bits per heavy atom. The van der Waals surface area contributed by atoms with Crippen molar-refractivity contribution in [3.63, 3.8) is 0 Å². The first-order valence-corrected chi connectivity index (χ1v) is 7.95. The number of carbonyl (C=O) groups is 1. The van der Waals surface area contributed by atoms with Crippen LogP contribution in [0.15, 0.2) is 17.0 Å². The van der Waals surface area contributed by atoms with E-state index < -0.39 is 0 Å². The molecule has 1 aliphatic heterocycles. The van der Waals surface area contributed by atoms with Gasteiger partial charge in [-0.2, -0.15) is 0 Å². The SMILES string of the molecule is COc1cc(Cl)cc(C=C2SC(=S)N(C3CC3)C2=O)c1O. The number of thiocarbonyl (C=S) groups is 1. The number of carbonyl (C=O) groups excluding carboxylic acids is 1. The van der Waals surface area contributed by atoms with E-state index in [-0.39, 0.29) is 23.4 Å². The third-order valence-electron chi connectivity index (χ3n) is 3.31. The Balaban J connectivity index is 1.97. The molecule has 1 aliphatic carbocycles. The van der Waals surface area contributed by atoms with Crippen molar-refractivity contribution in [3.8, 4) is 11.5 Å². The van der Waals surface area contributed by atoms with Gasteiger partial charge in [-0.25, -0.2) is 0 Å². The van der Waals surface area contributed by atoms with Gasteiger partial charge in [0.1, 0.15) is 4.32 Å². The lowest BCUT2D eigenvalue weighted by atomic mass is 10.1. The molecule has 2 aliphatic rings. The summed E-state index contributed by atoms with van der Waals surface area (Å²) in [7, 11) is 1.45. The lowest BCUT2D eigenvalue weighted by molar-refractivity contribution is -0.122. The van der Waals surface area contributed by atoms with Gasteiger partial charge in [-0.05, 0) is 25.0 Å².